The third-order valence-electron chi connectivity index (χ3n) is 9.04. The highest BCUT2D eigenvalue weighted by molar-refractivity contribution is 9.10. The summed E-state index contributed by atoms with van der Waals surface area (Å²) in [6, 6.07) is 30.9. The van der Waals surface area contributed by atoms with Gasteiger partial charge in [-0.05, 0) is 91.1 Å². The van der Waals surface area contributed by atoms with Crippen molar-refractivity contribution in [3.8, 4) is 22.6 Å². The smallest absolute Gasteiger partial charge is 0.489 e. The van der Waals surface area contributed by atoms with E-state index in [-0.39, 0.29) is 17.2 Å². The number of nitrogens with zero attached hydrogens (tertiary/aromatic N) is 4. The molecule has 0 aliphatic carbocycles. The lowest BCUT2D eigenvalue weighted by Crippen LogP contribution is -2.41. The molecule has 2 aromatic heterocycles. The van der Waals surface area contributed by atoms with Gasteiger partial charge in [0, 0.05) is 23.4 Å². The molecule has 0 unspecified atom stereocenters. The van der Waals surface area contributed by atoms with Crippen molar-refractivity contribution in [2.75, 3.05) is 0 Å². The molecule has 0 N–H and O–H groups in total. The molecule has 7 rings (SSSR count). The third kappa shape index (κ3) is 11.7. The first kappa shape index (κ1) is 43.0. The Labute approximate surface area is 342 Å². The minimum atomic E-state index is -0.550. The summed E-state index contributed by atoms with van der Waals surface area (Å²) in [6.07, 6.45) is 5.16. The molecule has 0 saturated carbocycles. The van der Waals surface area contributed by atoms with Crippen molar-refractivity contribution >= 4 is 39.9 Å². The van der Waals surface area contributed by atoms with Gasteiger partial charge in [0.2, 0.25) is 0 Å². The van der Waals surface area contributed by atoms with Crippen LogP contribution in [0.15, 0.2) is 138 Å². The second kappa shape index (κ2) is 19.4. The van der Waals surface area contributed by atoms with Crippen LogP contribution >= 0.6 is 15.9 Å². The van der Waals surface area contributed by atoms with E-state index >= 15 is 0 Å². The van der Waals surface area contributed by atoms with Crippen LogP contribution in [0.3, 0.4) is 0 Å². The van der Waals surface area contributed by atoms with Gasteiger partial charge in [-0.15, -0.1) is 0 Å². The highest BCUT2D eigenvalue weighted by atomic mass is 79.9. The quantitative estimate of drug-likeness (QED) is 0.0741. The topological polar surface area (TPSA) is 149 Å². The zero-order valence-electron chi connectivity index (χ0n) is 31.9. The average Bonchev–Trinajstić information content (AvgIpc) is 3.43. The van der Waals surface area contributed by atoms with E-state index in [0.29, 0.717) is 45.8 Å². The van der Waals surface area contributed by atoms with Crippen LogP contribution in [-0.2, 0) is 22.5 Å². The minimum absolute atomic E-state index is 0.000520. The average molecular weight is 855 g/mol. The fourth-order valence-corrected chi connectivity index (χ4v) is 5.69. The second-order valence-corrected chi connectivity index (χ2v) is 14.6. The first-order valence-electron chi connectivity index (χ1n) is 17.7. The fraction of sp³-hybridized carbons (Fsp3) is 0.190. The molecule has 58 heavy (non-hydrogen) atoms. The summed E-state index contributed by atoms with van der Waals surface area (Å²) in [7, 11) is -0.548. The molecule has 0 bridgehead atoms. The van der Waals surface area contributed by atoms with Gasteiger partial charge in [0.1, 0.15) is 36.3 Å². The summed E-state index contributed by atoms with van der Waals surface area (Å²) in [6.45, 7) is 8.53. The molecular weight excluding hydrogens is 817 g/mol. The zero-order valence-corrected chi connectivity index (χ0v) is 33.5. The molecule has 16 heteroatoms. The van der Waals surface area contributed by atoms with Gasteiger partial charge >= 0.3 is 7.12 Å². The van der Waals surface area contributed by atoms with Crippen molar-refractivity contribution in [1.29, 1.82) is 0 Å². The Morgan fingerprint density at radius 3 is 1.64 bits per heavy atom. The van der Waals surface area contributed by atoms with Crippen LogP contribution in [0.25, 0.3) is 11.1 Å². The molecule has 0 spiro atoms. The predicted molar refractivity (Wildman–Crippen MR) is 219 cm³/mol. The van der Waals surface area contributed by atoms with Gasteiger partial charge in [-0.25, -0.2) is 8.78 Å². The maximum absolute atomic E-state index is 13.3. The number of pyridine rings is 2. The number of nitro benzene ring substituents is 2. The van der Waals surface area contributed by atoms with Crippen molar-refractivity contribution in [2.45, 2.75) is 52.1 Å². The SMILES string of the molecule is CC1(C)OB(c2cncc(F)c2)OC1(C)C.O=[N+]([O-])c1cc(OCc2ccccc2)ccc1-c1cncc(F)c1.O=[N+]([O-])c1cc(OCc2ccccc2)ccc1Br. The van der Waals surface area contributed by atoms with Gasteiger partial charge in [-0.3, -0.25) is 30.2 Å². The van der Waals surface area contributed by atoms with E-state index in [9.17, 15) is 29.0 Å². The summed E-state index contributed by atoms with van der Waals surface area (Å²) < 4.78 is 49.5. The molecule has 0 atom stereocenters. The number of aromatic nitrogens is 2. The Morgan fingerprint density at radius 2 is 1.14 bits per heavy atom. The van der Waals surface area contributed by atoms with Crippen molar-refractivity contribution in [1.82, 2.24) is 9.97 Å². The summed E-state index contributed by atoms with van der Waals surface area (Å²) >= 11 is 3.13. The van der Waals surface area contributed by atoms with Crippen molar-refractivity contribution in [2.24, 2.45) is 0 Å². The molecule has 6 aromatic rings. The van der Waals surface area contributed by atoms with Crippen LogP contribution in [0.5, 0.6) is 11.5 Å². The van der Waals surface area contributed by atoms with Crippen LogP contribution in [0.4, 0.5) is 20.2 Å². The van der Waals surface area contributed by atoms with E-state index in [0.717, 1.165) is 23.5 Å². The van der Waals surface area contributed by atoms with E-state index < -0.39 is 34.0 Å². The maximum Gasteiger partial charge on any atom is 0.496 e. The van der Waals surface area contributed by atoms with Gasteiger partial charge < -0.3 is 18.8 Å². The number of nitro groups is 2. The largest absolute Gasteiger partial charge is 0.496 e. The lowest BCUT2D eigenvalue weighted by Gasteiger charge is -2.32. The highest BCUT2D eigenvalue weighted by Gasteiger charge is 2.51. The third-order valence-corrected chi connectivity index (χ3v) is 9.71. The molecule has 0 amide bonds. The summed E-state index contributed by atoms with van der Waals surface area (Å²) in [5, 5.41) is 22.1. The standard InChI is InChI=1S/C18H13FN2O3.C13H10BrNO3.C11H15BFNO2/c19-15-8-14(10-20-11-15)17-7-6-16(9-18(17)21(22)23)24-12-13-4-2-1-3-5-13;14-12-7-6-11(8-13(12)15(16)17)18-9-10-4-2-1-3-5-10;1-10(2)11(3,4)16-12(15-10)8-5-9(13)7-14-6-8/h1-11H,12H2;1-8H,9H2;5-7H,1-4H3. The number of hydrogen-bond acceptors (Lipinski definition) is 10. The summed E-state index contributed by atoms with van der Waals surface area (Å²) in [4.78, 5) is 28.7. The molecule has 298 valence electrons. The van der Waals surface area contributed by atoms with Crippen LogP contribution in [0, 0.1) is 31.9 Å². The molecule has 3 heterocycles. The Bertz CT molecular complexity index is 2330. The zero-order chi connectivity index (χ0) is 41.9. The van der Waals surface area contributed by atoms with E-state index in [1.54, 1.807) is 24.4 Å². The first-order valence-corrected chi connectivity index (χ1v) is 18.5. The van der Waals surface area contributed by atoms with Crippen molar-refractivity contribution < 1.29 is 37.4 Å². The summed E-state index contributed by atoms with van der Waals surface area (Å²) in [5.41, 5.74) is 2.23. The Kier molecular flexibility index (Phi) is 14.4. The normalized spacial score (nSPS) is 13.6. The fourth-order valence-electron chi connectivity index (χ4n) is 5.30. The van der Waals surface area contributed by atoms with E-state index in [1.165, 1.54) is 36.5 Å². The van der Waals surface area contributed by atoms with Gasteiger partial charge in [-0.1, -0.05) is 60.7 Å². The number of halogens is 3. The molecular formula is C42H38BBrF2N4O8. The number of ether oxygens (including phenoxy) is 2. The highest BCUT2D eigenvalue weighted by Crippen LogP contribution is 2.37. The van der Waals surface area contributed by atoms with Crippen LogP contribution < -0.4 is 14.9 Å². The Hall–Kier alpha value is -6.10. The molecule has 1 fully saturated rings. The lowest BCUT2D eigenvalue weighted by atomic mass is 9.80. The molecule has 12 nitrogen and oxygen atoms in total. The molecule has 1 saturated heterocycles. The minimum Gasteiger partial charge on any atom is -0.489 e. The van der Waals surface area contributed by atoms with Crippen LogP contribution in [0.2, 0.25) is 0 Å². The van der Waals surface area contributed by atoms with Crippen molar-refractivity contribution in [3.63, 3.8) is 0 Å². The monoisotopic (exact) mass is 854 g/mol. The van der Waals surface area contributed by atoms with Gasteiger partial charge in [0.05, 0.1) is 55.6 Å². The van der Waals surface area contributed by atoms with Crippen LogP contribution in [-0.4, -0.2) is 38.1 Å². The molecule has 1 aliphatic rings. The number of rotatable bonds is 10. The predicted octanol–water partition coefficient (Wildman–Crippen LogP) is 9.83. The van der Waals surface area contributed by atoms with Crippen LogP contribution in [0.1, 0.15) is 38.8 Å². The van der Waals surface area contributed by atoms with E-state index in [1.807, 2.05) is 88.4 Å². The summed E-state index contributed by atoms with van der Waals surface area (Å²) in [5.74, 6) is -0.0779. The van der Waals surface area contributed by atoms with E-state index in [2.05, 4.69) is 25.9 Å². The molecule has 0 radical (unpaired) electrons. The first-order chi connectivity index (χ1) is 27.6. The Morgan fingerprint density at radius 1 is 0.655 bits per heavy atom. The van der Waals surface area contributed by atoms with Gasteiger partial charge in [0.25, 0.3) is 11.4 Å². The molecule has 1 aliphatic heterocycles. The maximum atomic E-state index is 13.3. The number of hydrogen-bond donors (Lipinski definition) is 0. The number of benzene rings is 4. The Balaban J connectivity index is 0.000000170. The van der Waals surface area contributed by atoms with E-state index in [4.69, 9.17) is 18.8 Å². The van der Waals surface area contributed by atoms with Crippen molar-refractivity contribution in [3.05, 3.63) is 181 Å². The van der Waals surface area contributed by atoms with Gasteiger partial charge in [-0.2, -0.15) is 0 Å². The lowest BCUT2D eigenvalue weighted by molar-refractivity contribution is -0.385. The molecule has 4 aromatic carbocycles. The van der Waals surface area contributed by atoms with Gasteiger partial charge in [0.15, 0.2) is 0 Å². The second-order valence-electron chi connectivity index (χ2n) is 13.8.